The number of hydrogen-bond donors (Lipinski definition) is 2. The summed E-state index contributed by atoms with van der Waals surface area (Å²) in [5.74, 6) is -0.0425. The topological polar surface area (TPSA) is 133 Å². The first-order valence-corrected chi connectivity index (χ1v) is 5.30. The maximum Gasteiger partial charge on any atom is 1.00 e. The monoisotopic (exact) mass is 272 g/mol. The number of nitro groups is 1. The van der Waals surface area contributed by atoms with Gasteiger partial charge in [0.05, 0.1) is 23.8 Å². The zero-order chi connectivity index (χ0) is 12.5. The van der Waals surface area contributed by atoms with E-state index in [2.05, 4.69) is 0 Å². The summed E-state index contributed by atoms with van der Waals surface area (Å²) in [5, 5.41) is 10.6. The summed E-state index contributed by atoms with van der Waals surface area (Å²) in [5.41, 5.74) is 4.45. The van der Waals surface area contributed by atoms with Crippen LogP contribution >= 0.6 is 0 Å². The van der Waals surface area contributed by atoms with Crippen LogP contribution in [0.4, 0.5) is 11.4 Å². The van der Waals surface area contributed by atoms with Crippen LogP contribution in [0.5, 0.6) is 5.75 Å². The van der Waals surface area contributed by atoms with Crippen LogP contribution in [-0.2, 0) is 10.1 Å². The van der Waals surface area contributed by atoms with Gasteiger partial charge in [-0.1, -0.05) is 0 Å². The van der Waals surface area contributed by atoms with Crippen LogP contribution < -0.4 is 40.0 Å². The van der Waals surface area contributed by atoms with Gasteiger partial charge in [0, 0.05) is 0 Å². The molecule has 8 nitrogen and oxygen atoms in total. The fourth-order valence-electron chi connectivity index (χ4n) is 1.09. The van der Waals surface area contributed by atoms with E-state index in [0.29, 0.717) is 0 Å². The molecule has 0 saturated heterocycles. The van der Waals surface area contributed by atoms with Crippen LogP contribution in [0.25, 0.3) is 0 Å². The van der Waals surface area contributed by atoms with Crippen molar-refractivity contribution in [1.29, 1.82) is 0 Å². The van der Waals surface area contributed by atoms with Crippen LogP contribution in [-0.4, -0.2) is 25.0 Å². The summed E-state index contributed by atoms with van der Waals surface area (Å²) >= 11 is 0. The van der Waals surface area contributed by atoms with E-state index in [1.54, 1.807) is 0 Å². The second-order valence-electron chi connectivity index (χ2n) is 2.79. The Balaban J connectivity index is 0. The van der Waals surface area contributed by atoms with Crippen molar-refractivity contribution in [1.82, 2.24) is 0 Å². The largest absolute Gasteiger partial charge is 1.00 e. The normalized spacial score (nSPS) is 10.5. The standard InChI is InChI=1S/C7H8N2O6S.Na.H/c1-15-6-3-5(9(10)11)7(2-4(6)8)16(12,13)14;;/h2-3H,8H2,1H3,(H,12,13,14);;/q;+1;-1. The van der Waals surface area contributed by atoms with Crippen molar-refractivity contribution in [3.05, 3.63) is 22.2 Å². The van der Waals surface area contributed by atoms with E-state index in [1.807, 2.05) is 0 Å². The number of anilines is 1. The average molecular weight is 272 g/mol. The van der Waals surface area contributed by atoms with Crippen molar-refractivity contribution in [2.75, 3.05) is 12.8 Å². The predicted molar refractivity (Wildman–Crippen MR) is 55.0 cm³/mol. The van der Waals surface area contributed by atoms with Crippen LogP contribution in [0.15, 0.2) is 17.0 Å². The van der Waals surface area contributed by atoms with Gasteiger partial charge in [0.15, 0.2) is 4.90 Å². The molecule has 0 saturated carbocycles. The molecule has 0 fully saturated rings. The van der Waals surface area contributed by atoms with E-state index < -0.39 is 25.6 Å². The predicted octanol–water partition coefficient (Wildman–Crippen LogP) is -2.45. The van der Waals surface area contributed by atoms with E-state index in [0.717, 1.165) is 12.1 Å². The van der Waals surface area contributed by atoms with Gasteiger partial charge in [-0.3, -0.25) is 14.7 Å². The van der Waals surface area contributed by atoms with Gasteiger partial charge in [-0.2, -0.15) is 8.42 Å². The minimum Gasteiger partial charge on any atom is -1.00 e. The SMILES string of the molecule is COc1cc([N+](=O)[O-])c(S(=O)(=O)O)cc1N.[H-].[Na+]. The van der Waals surface area contributed by atoms with E-state index in [9.17, 15) is 18.5 Å². The zero-order valence-electron chi connectivity index (χ0n) is 10.1. The van der Waals surface area contributed by atoms with Crippen molar-refractivity contribution in [2.45, 2.75) is 4.90 Å². The summed E-state index contributed by atoms with van der Waals surface area (Å²) in [6, 6.07) is 1.60. The van der Waals surface area contributed by atoms with Crippen molar-refractivity contribution in [3.8, 4) is 5.75 Å². The molecule has 1 aromatic carbocycles. The summed E-state index contributed by atoms with van der Waals surface area (Å²) < 4.78 is 35.2. The molecule has 0 atom stereocenters. The molecular formula is C7H9N2NaO6S. The van der Waals surface area contributed by atoms with Crippen molar-refractivity contribution >= 4 is 21.5 Å². The molecule has 90 valence electrons. The number of nitro benzene ring substituents is 1. The van der Waals surface area contributed by atoms with E-state index in [1.165, 1.54) is 7.11 Å². The maximum absolute atomic E-state index is 10.9. The molecule has 0 radical (unpaired) electrons. The molecule has 10 heteroatoms. The quantitative estimate of drug-likeness (QED) is 0.205. The van der Waals surface area contributed by atoms with Crippen LogP contribution in [0.1, 0.15) is 1.43 Å². The van der Waals surface area contributed by atoms with Gasteiger partial charge in [0.2, 0.25) is 0 Å². The first-order valence-electron chi connectivity index (χ1n) is 3.86. The van der Waals surface area contributed by atoms with Gasteiger partial charge in [-0.05, 0) is 6.07 Å². The van der Waals surface area contributed by atoms with E-state index in [4.69, 9.17) is 15.0 Å². The Kier molecular flexibility index (Phi) is 5.36. The number of rotatable bonds is 3. The molecule has 0 aliphatic rings. The second-order valence-corrected chi connectivity index (χ2v) is 4.18. The van der Waals surface area contributed by atoms with Crippen LogP contribution in [0, 0.1) is 10.1 Å². The molecule has 0 amide bonds. The maximum atomic E-state index is 10.9. The summed E-state index contributed by atoms with van der Waals surface area (Å²) in [6.07, 6.45) is 0. The Bertz CT molecular complexity index is 549. The van der Waals surface area contributed by atoms with Gasteiger partial charge in [0.25, 0.3) is 5.69 Å². The molecular weight excluding hydrogens is 263 g/mol. The smallest absolute Gasteiger partial charge is 1.00 e. The number of nitrogens with zero attached hydrogens (tertiary/aromatic N) is 1. The molecule has 3 N–H and O–H groups in total. The summed E-state index contributed by atoms with van der Waals surface area (Å²) in [4.78, 5) is 8.76. The Labute approximate surface area is 120 Å². The molecule has 0 unspecified atom stereocenters. The zero-order valence-corrected chi connectivity index (χ0v) is 11.9. The fourth-order valence-corrected chi connectivity index (χ4v) is 1.76. The first-order chi connectivity index (χ1) is 7.27. The Morgan fingerprint density at radius 2 is 2.06 bits per heavy atom. The third kappa shape index (κ3) is 3.54. The summed E-state index contributed by atoms with van der Waals surface area (Å²) in [6.45, 7) is 0. The minimum absolute atomic E-state index is 0. The molecule has 1 rings (SSSR count). The fraction of sp³-hybridized carbons (Fsp3) is 0.143. The Morgan fingerprint density at radius 3 is 2.41 bits per heavy atom. The molecule has 0 heterocycles. The van der Waals surface area contributed by atoms with Crippen molar-refractivity contribution < 1.29 is 53.6 Å². The number of nitrogens with two attached hydrogens (primary N) is 1. The van der Waals surface area contributed by atoms with Gasteiger partial charge in [-0.25, -0.2) is 0 Å². The molecule has 0 aliphatic heterocycles. The minimum atomic E-state index is -4.70. The number of benzene rings is 1. The molecule has 0 spiro atoms. The molecule has 0 aromatic heterocycles. The van der Waals surface area contributed by atoms with Gasteiger partial charge >= 0.3 is 39.7 Å². The Hall–Kier alpha value is -0.870. The van der Waals surface area contributed by atoms with Crippen molar-refractivity contribution in [3.63, 3.8) is 0 Å². The number of hydrogen-bond acceptors (Lipinski definition) is 6. The molecule has 0 aliphatic carbocycles. The number of methoxy groups -OCH3 is 1. The van der Waals surface area contributed by atoms with Crippen LogP contribution in [0.2, 0.25) is 0 Å². The van der Waals surface area contributed by atoms with Gasteiger partial charge in [-0.15, -0.1) is 0 Å². The third-order valence-corrected chi connectivity index (χ3v) is 2.67. The van der Waals surface area contributed by atoms with Gasteiger partial charge in [0.1, 0.15) is 5.75 Å². The second kappa shape index (κ2) is 5.65. The van der Waals surface area contributed by atoms with E-state index in [-0.39, 0.29) is 42.4 Å². The van der Waals surface area contributed by atoms with E-state index >= 15 is 0 Å². The molecule has 0 bridgehead atoms. The van der Waals surface area contributed by atoms with Gasteiger partial charge < -0.3 is 11.9 Å². The van der Waals surface area contributed by atoms with Crippen molar-refractivity contribution in [2.24, 2.45) is 0 Å². The first kappa shape index (κ1) is 16.1. The van der Waals surface area contributed by atoms with Crippen LogP contribution in [0.3, 0.4) is 0 Å². The number of nitrogen functional groups attached to an aromatic ring is 1. The third-order valence-electron chi connectivity index (χ3n) is 1.79. The molecule has 1 aromatic rings. The Morgan fingerprint density at radius 1 is 1.53 bits per heavy atom. The average Bonchev–Trinajstić information content (AvgIpc) is 2.15. The number of ether oxygens (including phenoxy) is 1. The molecule has 17 heavy (non-hydrogen) atoms. The summed E-state index contributed by atoms with van der Waals surface area (Å²) in [7, 11) is -3.48.